The van der Waals surface area contributed by atoms with E-state index in [9.17, 15) is 18.0 Å². The highest BCUT2D eigenvalue weighted by Gasteiger charge is 2.10. The van der Waals surface area contributed by atoms with Crippen LogP contribution >= 0.6 is 0 Å². The monoisotopic (exact) mass is 233 g/mol. The molecule has 1 N–H and O–H groups in total. The van der Waals surface area contributed by atoms with Crippen molar-refractivity contribution < 1.29 is 22.7 Å². The summed E-state index contributed by atoms with van der Waals surface area (Å²) in [5, 5.41) is 2.18. The second-order valence-corrected chi connectivity index (χ2v) is 3.02. The molecule has 1 aromatic rings. The largest absolute Gasteiger partial charge is 0.445 e. The summed E-state index contributed by atoms with van der Waals surface area (Å²) in [6.45, 7) is -0.253. The van der Waals surface area contributed by atoms with Crippen molar-refractivity contribution in [2.45, 2.75) is 13.0 Å². The van der Waals surface area contributed by atoms with Crippen molar-refractivity contribution >= 4 is 6.09 Å². The molecule has 0 aliphatic rings. The quantitative estimate of drug-likeness (QED) is 0.871. The fraction of sp³-hybridized carbons (Fsp3) is 0.300. The highest BCUT2D eigenvalue weighted by molar-refractivity contribution is 5.66. The molecule has 0 aromatic heterocycles. The number of ether oxygens (including phenoxy) is 1. The van der Waals surface area contributed by atoms with Gasteiger partial charge in [-0.2, -0.15) is 0 Å². The number of alkyl halides is 2. The Morgan fingerprint density at radius 3 is 2.69 bits per heavy atom. The molecular weight excluding hydrogens is 223 g/mol. The van der Waals surface area contributed by atoms with Crippen LogP contribution in [0.1, 0.15) is 17.6 Å². The maximum atomic E-state index is 12.9. The average Bonchev–Trinajstić information content (AvgIpc) is 2.25. The standard InChI is InChI=1S/C10H10F3NO2/c1-14-10(15)16-5-6-2-7(9(12)13)4-8(11)3-6/h2-4,9H,5H2,1H3,(H,14,15). The van der Waals surface area contributed by atoms with Gasteiger partial charge in [0.15, 0.2) is 0 Å². The zero-order valence-corrected chi connectivity index (χ0v) is 8.47. The second-order valence-electron chi connectivity index (χ2n) is 3.02. The number of hydrogen-bond donors (Lipinski definition) is 1. The van der Waals surface area contributed by atoms with E-state index >= 15 is 0 Å². The van der Waals surface area contributed by atoms with Crippen LogP contribution in [0.3, 0.4) is 0 Å². The predicted octanol–water partition coefficient (Wildman–Crippen LogP) is 2.62. The molecular formula is C10H10F3NO2. The molecule has 0 atom stereocenters. The molecule has 88 valence electrons. The molecule has 6 heteroatoms. The Hall–Kier alpha value is -1.72. The minimum atomic E-state index is -2.76. The number of alkyl carbamates (subject to hydrolysis) is 1. The Kier molecular flexibility index (Phi) is 4.16. The van der Waals surface area contributed by atoms with E-state index in [1.165, 1.54) is 7.05 Å². The van der Waals surface area contributed by atoms with Gasteiger partial charge in [-0.25, -0.2) is 18.0 Å². The lowest BCUT2D eigenvalue weighted by Crippen LogP contribution is -2.18. The molecule has 0 radical (unpaired) electrons. The summed E-state index contributed by atoms with van der Waals surface area (Å²) in [5.74, 6) is -0.784. The van der Waals surface area contributed by atoms with Gasteiger partial charge >= 0.3 is 6.09 Å². The number of carbonyl (C=O) groups excluding carboxylic acids is 1. The molecule has 0 aliphatic carbocycles. The van der Waals surface area contributed by atoms with Crippen LogP contribution in [0, 0.1) is 5.82 Å². The zero-order chi connectivity index (χ0) is 12.1. The normalized spacial score (nSPS) is 10.3. The number of amides is 1. The number of rotatable bonds is 3. The molecule has 0 saturated carbocycles. The second kappa shape index (κ2) is 5.39. The van der Waals surface area contributed by atoms with Crippen molar-refractivity contribution in [3.05, 3.63) is 35.1 Å². The van der Waals surface area contributed by atoms with Gasteiger partial charge in [0.25, 0.3) is 6.43 Å². The van der Waals surface area contributed by atoms with E-state index in [0.29, 0.717) is 0 Å². The highest BCUT2D eigenvalue weighted by Crippen LogP contribution is 2.21. The van der Waals surface area contributed by atoms with Gasteiger partial charge in [-0.1, -0.05) is 0 Å². The summed E-state index contributed by atoms with van der Waals surface area (Å²) in [4.78, 5) is 10.7. The summed E-state index contributed by atoms with van der Waals surface area (Å²) in [6.07, 6.45) is -3.46. The molecule has 0 saturated heterocycles. The lowest BCUT2D eigenvalue weighted by molar-refractivity contribution is 0.140. The smallest absolute Gasteiger partial charge is 0.407 e. The lowest BCUT2D eigenvalue weighted by Gasteiger charge is -2.06. The fourth-order valence-corrected chi connectivity index (χ4v) is 1.11. The highest BCUT2D eigenvalue weighted by atomic mass is 19.3. The first-order valence-electron chi connectivity index (χ1n) is 4.45. The Balaban J connectivity index is 2.76. The summed E-state index contributed by atoms with van der Waals surface area (Å²) in [6, 6.07) is 2.87. The van der Waals surface area contributed by atoms with Crippen molar-refractivity contribution in [1.29, 1.82) is 0 Å². The van der Waals surface area contributed by atoms with Crippen LogP contribution in [0.4, 0.5) is 18.0 Å². The lowest BCUT2D eigenvalue weighted by atomic mass is 10.1. The van der Waals surface area contributed by atoms with Gasteiger partial charge in [0.2, 0.25) is 0 Å². The van der Waals surface area contributed by atoms with Crippen molar-refractivity contribution in [2.75, 3.05) is 7.05 Å². The Morgan fingerprint density at radius 2 is 2.12 bits per heavy atom. The van der Waals surface area contributed by atoms with E-state index in [-0.39, 0.29) is 12.2 Å². The van der Waals surface area contributed by atoms with Crippen LogP contribution in [0.15, 0.2) is 18.2 Å². The van der Waals surface area contributed by atoms with E-state index in [2.05, 4.69) is 10.1 Å². The van der Waals surface area contributed by atoms with Crippen molar-refractivity contribution in [3.8, 4) is 0 Å². The maximum absolute atomic E-state index is 12.9. The summed E-state index contributed by atoms with van der Waals surface area (Å²) < 4.78 is 42.1. The molecule has 0 fully saturated rings. The Labute approximate surface area is 90.2 Å². The number of hydrogen-bond acceptors (Lipinski definition) is 2. The van der Waals surface area contributed by atoms with Gasteiger partial charge in [0, 0.05) is 12.6 Å². The average molecular weight is 233 g/mol. The van der Waals surface area contributed by atoms with E-state index < -0.39 is 23.9 Å². The molecule has 0 unspecified atom stereocenters. The van der Waals surface area contributed by atoms with Crippen LogP contribution in [0.5, 0.6) is 0 Å². The summed E-state index contributed by atoms with van der Waals surface area (Å²) in [5.41, 5.74) is -0.255. The van der Waals surface area contributed by atoms with E-state index in [0.717, 1.165) is 18.2 Å². The SMILES string of the molecule is CNC(=O)OCc1cc(F)cc(C(F)F)c1. The van der Waals surface area contributed by atoms with Gasteiger partial charge in [0.1, 0.15) is 12.4 Å². The van der Waals surface area contributed by atoms with Crippen LogP contribution in [0.25, 0.3) is 0 Å². The minimum absolute atomic E-state index is 0.180. The third kappa shape index (κ3) is 3.45. The van der Waals surface area contributed by atoms with Crippen molar-refractivity contribution in [1.82, 2.24) is 5.32 Å². The third-order valence-electron chi connectivity index (χ3n) is 1.81. The first-order chi connectivity index (χ1) is 7.52. The third-order valence-corrected chi connectivity index (χ3v) is 1.81. The number of nitrogens with one attached hydrogen (secondary N) is 1. The molecule has 0 spiro atoms. The molecule has 0 bridgehead atoms. The van der Waals surface area contributed by atoms with Crippen molar-refractivity contribution in [2.24, 2.45) is 0 Å². The maximum Gasteiger partial charge on any atom is 0.407 e. The summed E-state index contributed by atoms with van der Waals surface area (Å²) >= 11 is 0. The van der Waals surface area contributed by atoms with Gasteiger partial charge in [-0.3, -0.25) is 0 Å². The van der Waals surface area contributed by atoms with Crippen LogP contribution < -0.4 is 5.32 Å². The van der Waals surface area contributed by atoms with Gasteiger partial charge in [-0.05, 0) is 23.8 Å². The van der Waals surface area contributed by atoms with Crippen molar-refractivity contribution in [3.63, 3.8) is 0 Å². The Bertz CT molecular complexity index is 382. The van der Waals surface area contributed by atoms with E-state index in [1.807, 2.05) is 0 Å². The minimum Gasteiger partial charge on any atom is -0.445 e. The van der Waals surface area contributed by atoms with E-state index in [1.54, 1.807) is 0 Å². The predicted molar refractivity (Wildman–Crippen MR) is 50.6 cm³/mol. The molecule has 1 rings (SSSR count). The van der Waals surface area contributed by atoms with Gasteiger partial charge in [0.05, 0.1) is 0 Å². The van der Waals surface area contributed by atoms with Gasteiger partial charge in [-0.15, -0.1) is 0 Å². The first kappa shape index (κ1) is 12.4. The van der Waals surface area contributed by atoms with E-state index in [4.69, 9.17) is 0 Å². The fourth-order valence-electron chi connectivity index (χ4n) is 1.11. The van der Waals surface area contributed by atoms with Gasteiger partial charge < -0.3 is 10.1 Å². The molecule has 1 amide bonds. The van der Waals surface area contributed by atoms with Crippen LogP contribution in [-0.4, -0.2) is 13.1 Å². The molecule has 3 nitrogen and oxygen atoms in total. The number of halogens is 3. The molecule has 1 aromatic carbocycles. The molecule has 0 heterocycles. The number of benzene rings is 1. The number of carbonyl (C=O) groups is 1. The topological polar surface area (TPSA) is 38.3 Å². The Morgan fingerprint density at radius 1 is 1.44 bits per heavy atom. The zero-order valence-electron chi connectivity index (χ0n) is 8.47. The van der Waals surface area contributed by atoms with Crippen LogP contribution in [0.2, 0.25) is 0 Å². The molecule has 16 heavy (non-hydrogen) atoms. The molecule has 0 aliphatic heterocycles. The first-order valence-corrected chi connectivity index (χ1v) is 4.45. The summed E-state index contributed by atoms with van der Waals surface area (Å²) in [7, 11) is 1.36. The van der Waals surface area contributed by atoms with Crippen LogP contribution in [-0.2, 0) is 11.3 Å².